The molecule has 3 aromatic rings. The molecule has 2 N–H and O–H groups in total. The summed E-state index contributed by atoms with van der Waals surface area (Å²) in [6, 6.07) is 17.2. The smallest absolute Gasteiger partial charge is 0.116 e. The molecule has 0 fully saturated rings. The average Bonchev–Trinajstić information content (AvgIpc) is 2.73. The van der Waals surface area contributed by atoms with Crippen molar-refractivity contribution in [2.75, 3.05) is 0 Å². The van der Waals surface area contributed by atoms with Crippen LogP contribution in [-0.2, 0) is 12.8 Å². The fourth-order valence-corrected chi connectivity index (χ4v) is 4.63. The standard InChI is InChI=1S/C27H25NO2/c29-24-11-1-5-18(15-24)13-20-7-3-9-22-17-23-10-4-8-21(27(23)28-26(20)22)14-19-6-2-12-25(30)16-19/h1-2,5-6,11-17,29-30H,3-4,7-10H2. The molecule has 0 unspecified atom stereocenters. The molecule has 5 rings (SSSR count). The van der Waals surface area contributed by atoms with Crippen LogP contribution in [0.15, 0.2) is 54.6 Å². The summed E-state index contributed by atoms with van der Waals surface area (Å²) in [5, 5.41) is 19.6. The Hall–Kier alpha value is -3.33. The monoisotopic (exact) mass is 395 g/mol. The minimum absolute atomic E-state index is 0.287. The van der Waals surface area contributed by atoms with Crippen molar-refractivity contribution in [1.82, 2.24) is 4.98 Å². The van der Waals surface area contributed by atoms with Gasteiger partial charge in [-0.05, 0) is 108 Å². The third kappa shape index (κ3) is 3.76. The summed E-state index contributed by atoms with van der Waals surface area (Å²) in [6.07, 6.45) is 10.7. The lowest BCUT2D eigenvalue weighted by atomic mass is 9.84. The molecular formula is C27H25NO2. The number of rotatable bonds is 2. The van der Waals surface area contributed by atoms with Crippen molar-refractivity contribution in [2.24, 2.45) is 0 Å². The maximum Gasteiger partial charge on any atom is 0.116 e. The van der Waals surface area contributed by atoms with Gasteiger partial charge in [-0.15, -0.1) is 0 Å². The second kappa shape index (κ2) is 7.83. The molecule has 1 heterocycles. The number of hydrogen-bond donors (Lipinski definition) is 2. The molecule has 0 atom stereocenters. The topological polar surface area (TPSA) is 53.4 Å². The first-order valence-electron chi connectivity index (χ1n) is 10.7. The number of benzene rings is 2. The minimum atomic E-state index is 0.287. The number of allylic oxidation sites excluding steroid dienone is 2. The summed E-state index contributed by atoms with van der Waals surface area (Å²) in [4.78, 5) is 5.19. The van der Waals surface area contributed by atoms with Crippen LogP contribution >= 0.6 is 0 Å². The van der Waals surface area contributed by atoms with E-state index >= 15 is 0 Å². The first kappa shape index (κ1) is 18.7. The van der Waals surface area contributed by atoms with E-state index in [0.717, 1.165) is 61.0 Å². The molecular weight excluding hydrogens is 370 g/mol. The molecule has 150 valence electrons. The zero-order valence-electron chi connectivity index (χ0n) is 16.9. The quantitative estimate of drug-likeness (QED) is 0.539. The van der Waals surface area contributed by atoms with Crippen molar-refractivity contribution >= 4 is 23.3 Å². The highest BCUT2D eigenvalue weighted by Gasteiger charge is 2.22. The van der Waals surface area contributed by atoms with E-state index in [1.54, 1.807) is 24.3 Å². The molecule has 0 amide bonds. The van der Waals surface area contributed by atoms with Gasteiger partial charge in [0.25, 0.3) is 0 Å². The largest absolute Gasteiger partial charge is 0.508 e. The Morgan fingerprint density at radius 3 is 1.60 bits per heavy atom. The van der Waals surface area contributed by atoms with Gasteiger partial charge in [0.2, 0.25) is 0 Å². The summed E-state index contributed by atoms with van der Waals surface area (Å²) in [7, 11) is 0. The Kier molecular flexibility index (Phi) is 4.88. The van der Waals surface area contributed by atoms with Gasteiger partial charge >= 0.3 is 0 Å². The Morgan fingerprint density at radius 2 is 1.13 bits per heavy atom. The number of phenolic OH excluding ortho intramolecular Hbond substituents is 2. The lowest BCUT2D eigenvalue weighted by Crippen LogP contribution is -2.12. The maximum atomic E-state index is 9.82. The molecule has 3 nitrogen and oxygen atoms in total. The van der Waals surface area contributed by atoms with Gasteiger partial charge in [0, 0.05) is 0 Å². The highest BCUT2D eigenvalue weighted by Crippen LogP contribution is 2.38. The van der Waals surface area contributed by atoms with Crippen LogP contribution < -0.4 is 0 Å². The number of aromatic hydroxyl groups is 2. The third-order valence-electron chi connectivity index (χ3n) is 6.00. The van der Waals surface area contributed by atoms with Crippen molar-refractivity contribution in [3.63, 3.8) is 0 Å². The van der Waals surface area contributed by atoms with E-state index in [0.29, 0.717) is 0 Å². The summed E-state index contributed by atoms with van der Waals surface area (Å²) in [6.45, 7) is 0. The first-order chi connectivity index (χ1) is 14.7. The van der Waals surface area contributed by atoms with E-state index in [4.69, 9.17) is 4.98 Å². The highest BCUT2D eigenvalue weighted by atomic mass is 16.3. The molecule has 0 saturated heterocycles. The fraction of sp³-hybridized carbons (Fsp3) is 0.222. The maximum absolute atomic E-state index is 9.82. The number of pyridine rings is 1. The molecule has 2 aliphatic carbocycles. The molecule has 2 aliphatic rings. The number of nitrogens with zero attached hydrogens (tertiary/aromatic N) is 1. The van der Waals surface area contributed by atoms with Gasteiger partial charge < -0.3 is 10.2 Å². The summed E-state index contributed by atoms with van der Waals surface area (Å²) < 4.78 is 0. The van der Waals surface area contributed by atoms with Crippen LogP contribution in [0.2, 0.25) is 0 Å². The molecule has 3 heteroatoms. The second-order valence-corrected chi connectivity index (χ2v) is 8.24. The lowest BCUT2D eigenvalue weighted by Gasteiger charge is -2.25. The minimum Gasteiger partial charge on any atom is -0.508 e. The normalized spacial score (nSPS) is 18.3. The van der Waals surface area contributed by atoms with Crippen LogP contribution in [0.1, 0.15) is 59.3 Å². The van der Waals surface area contributed by atoms with Crippen LogP contribution in [0.25, 0.3) is 23.3 Å². The lowest BCUT2D eigenvalue weighted by molar-refractivity contribution is 0.474. The van der Waals surface area contributed by atoms with Crippen molar-refractivity contribution in [3.05, 3.63) is 88.2 Å². The zero-order valence-corrected chi connectivity index (χ0v) is 16.9. The number of hydrogen-bond acceptors (Lipinski definition) is 3. The Morgan fingerprint density at radius 1 is 0.633 bits per heavy atom. The van der Waals surface area contributed by atoms with Gasteiger partial charge in [0.05, 0.1) is 11.4 Å². The Bertz CT molecular complexity index is 1080. The fourth-order valence-electron chi connectivity index (χ4n) is 4.63. The van der Waals surface area contributed by atoms with Gasteiger partial charge in [-0.25, -0.2) is 4.98 Å². The predicted molar refractivity (Wildman–Crippen MR) is 122 cm³/mol. The molecule has 1 aromatic heterocycles. The molecule has 30 heavy (non-hydrogen) atoms. The van der Waals surface area contributed by atoms with E-state index in [1.165, 1.54) is 22.3 Å². The summed E-state index contributed by atoms with van der Waals surface area (Å²) >= 11 is 0. The SMILES string of the molecule is Oc1cccc(C=C2CCCc3cc4c(nc32)C(=Cc2cccc(O)c2)CCC4)c1. The first-order valence-corrected chi connectivity index (χ1v) is 10.7. The van der Waals surface area contributed by atoms with Crippen LogP contribution in [-0.4, -0.2) is 15.2 Å². The second-order valence-electron chi connectivity index (χ2n) is 8.24. The zero-order chi connectivity index (χ0) is 20.5. The van der Waals surface area contributed by atoms with Crippen LogP contribution in [0.5, 0.6) is 11.5 Å². The summed E-state index contributed by atoms with van der Waals surface area (Å²) in [5.41, 5.74) is 9.38. The number of aromatic nitrogens is 1. The van der Waals surface area contributed by atoms with E-state index in [1.807, 2.05) is 24.3 Å². The number of fused-ring (bicyclic) bond motifs is 2. The molecule has 0 aliphatic heterocycles. The van der Waals surface area contributed by atoms with Gasteiger partial charge in [-0.2, -0.15) is 0 Å². The molecule has 0 saturated carbocycles. The molecule has 0 spiro atoms. The van der Waals surface area contributed by atoms with Gasteiger partial charge in [0.15, 0.2) is 0 Å². The molecule has 2 aromatic carbocycles. The van der Waals surface area contributed by atoms with Crippen LogP contribution in [0.3, 0.4) is 0 Å². The average molecular weight is 396 g/mol. The predicted octanol–water partition coefficient (Wildman–Crippen LogP) is 6.25. The van der Waals surface area contributed by atoms with Crippen LogP contribution in [0, 0.1) is 0 Å². The number of aryl methyl sites for hydroxylation is 2. The van der Waals surface area contributed by atoms with Crippen molar-refractivity contribution in [1.29, 1.82) is 0 Å². The number of phenols is 2. The molecule has 0 radical (unpaired) electrons. The third-order valence-corrected chi connectivity index (χ3v) is 6.00. The van der Waals surface area contributed by atoms with Gasteiger partial charge in [-0.3, -0.25) is 0 Å². The van der Waals surface area contributed by atoms with E-state index in [9.17, 15) is 10.2 Å². The highest BCUT2D eigenvalue weighted by molar-refractivity contribution is 5.86. The summed E-state index contributed by atoms with van der Waals surface area (Å²) in [5.74, 6) is 0.574. The van der Waals surface area contributed by atoms with E-state index < -0.39 is 0 Å². The van der Waals surface area contributed by atoms with Crippen molar-refractivity contribution in [2.45, 2.75) is 38.5 Å². The van der Waals surface area contributed by atoms with Crippen molar-refractivity contribution < 1.29 is 10.2 Å². The van der Waals surface area contributed by atoms with Gasteiger partial charge in [0.1, 0.15) is 11.5 Å². The van der Waals surface area contributed by atoms with E-state index in [2.05, 4.69) is 18.2 Å². The Labute approximate surface area is 177 Å². The van der Waals surface area contributed by atoms with Gasteiger partial charge in [-0.1, -0.05) is 30.3 Å². The molecule has 0 bridgehead atoms. The van der Waals surface area contributed by atoms with Crippen LogP contribution in [0.4, 0.5) is 0 Å². The Balaban J connectivity index is 1.60. The van der Waals surface area contributed by atoms with Crippen molar-refractivity contribution in [3.8, 4) is 11.5 Å². The van der Waals surface area contributed by atoms with E-state index in [-0.39, 0.29) is 11.5 Å².